The number of para-hydroxylation sites is 1. The molecule has 9 nitrogen and oxygen atoms in total. The molecule has 1 fully saturated rings. The third-order valence-electron chi connectivity index (χ3n) is 5.27. The van der Waals surface area contributed by atoms with Crippen LogP contribution in [0.3, 0.4) is 0 Å². The highest BCUT2D eigenvalue weighted by Crippen LogP contribution is 2.17. The van der Waals surface area contributed by atoms with E-state index in [-0.39, 0.29) is 29.7 Å². The van der Waals surface area contributed by atoms with Crippen LogP contribution in [0.25, 0.3) is 0 Å². The molecule has 0 amide bonds. The van der Waals surface area contributed by atoms with Gasteiger partial charge in [-0.05, 0) is 23.6 Å². The number of morpholine rings is 1. The predicted molar refractivity (Wildman–Crippen MR) is 140 cm³/mol. The van der Waals surface area contributed by atoms with Gasteiger partial charge in [-0.15, -0.1) is 24.0 Å². The summed E-state index contributed by atoms with van der Waals surface area (Å²) in [6, 6.07) is 14.5. The molecular formula is C23H32IN5O4. The number of ether oxygens (including phenoxy) is 2. The maximum absolute atomic E-state index is 10.8. The first-order valence-corrected chi connectivity index (χ1v) is 10.8. The zero-order chi connectivity index (χ0) is 22.6. The summed E-state index contributed by atoms with van der Waals surface area (Å²) < 4.78 is 10.8. The molecule has 0 radical (unpaired) electrons. The van der Waals surface area contributed by atoms with Crippen LogP contribution >= 0.6 is 24.0 Å². The summed E-state index contributed by atoms with van der Waals surface area (Å²) in [7, 11) is 1.68. The molecular weight excluding hydrogens is 537 g/mol. The monoisotopic (exact) mass is 569 g/mol. The molecule has 1 aliphatic heterocycles. The number of nitro groups is 1. The van der Waals surface area contributed by atoms with Crippen LogP contribution in [0.5, 0.6) is 5.75 Å². The van der Waals surface area contributed by atoms with Gasteiger partial charge in [0.15, 0.2) is 5.96 Å². The van der Waals surface area contributed by atoms with Crippen LogP contribution in [0, 0.1) is 10.1 Å². The average Bonchev–Trinajstić information content (AvgIpc) is 2.83. The molecule has 0 atom stereocenters. The van der Waals surface area contributed by atoms with Gasteiger partial charge in [-0.1, -0.05) is 30.3 Å². The minimum Gasteiger partial charge on any atom is -0.496 e. The van der Waals surface area contributed by atoms with Gasteiger partial charge >= 0.3 is 0 Å². The Hall–Kier alpha value is -2.44. The molecule has 2 aromatic rings. The summed E-state index contributed by atoms with van der Waals surface area (Å²) in [6.45, 7) is 6.24. The Morgan fingerprint density at radius 1 is 1.12 bits per heavy atom. The Labute approximate surface area is 211 Å². The molecule has 10 heteroatoms. The maximum Gasteiger partial charge on any atom is 0.269 e. The van der Waals surface area contributed by atoms with Crippen LogP contribution in [-0.2, 0) is 17.7 Å². The van der Waals surface area contributed by atoms with E-state index in [2.05, 4.69) is 26.6 Å². The van der Waals surface area contributed by atoms with Crippen molar-refractivity contribution in [1.82, 2.24) is 15.5 Å². The average molecular weight is 569 g/mol. The van der Waals surface area contributed by atoms with Crippen LogP contribution in [0.2, 0.25) is 0 Å². The molecule has 3 rings (SSSR count). The van der Waals surface area contributed by atoms with Crippen LogP contribution in [0.15, 0.2) is 53.5 Å². The van der Waals surface area contributed by atoms with Gasteiger partial charge in [0.2, 0.25) is 0 Å². The van der Waals surface area contributed by atoms with Crippen molar-refractivity contribution in [2.45, 2.75) is 13.0 Å². The van der Waals surface area contributed by atoms with E-state index in [9.17, 15) is 10.1 Å². The fourth-order valence-electron chi connectivity index (χ4n) is 3.45. The van der Waals surface area contributed by atoms with Gasteiger partial charge < -0.3 is 20.1 Å². The topological polar surface area (TPSA) is 101 Å². The number of rotatable bonds is 10. The van der Waals surface area contributed by atoms with E-state index in [1.807, 2.05) is 18.2 Å². The van der Waals surface area contributed by atoms with Crippen molar-refractivity contribution in [2.75, 3.05) is 53.0 Å². The largest absolute Gasteiger partial charge is 0.496 e. The summed E-state index contributed by atoms with van der Waals surface area (Å²) in [5.74, 6) is 1.59. The van der Waals surface area contributed by atoms with Gasteiger partial charge in [0.25, 0.3) is 5.69 Å². The van der Waals surface area contributed by atoms with Gasteiger partial charge in [-0.25, -0.2) is 4.99 Å². The molecule has 0 aromatic heterocycles. The number of benzene rings is 2. The number of nitro benzene ring substituents is 1. The lowest BCUT2D eigenvalue weighted by molar-refractivity contribution is -0.384. The van der Waals surface area contributed by atoms with Crippen molar-refractivity contribution >= 4 is 35.6 Å². The number of non-ortho nitro benzene ring substituents is 1. The second-order valence-corrected chi connectivity index (χ2v) is 7.46. The summed E-state index contributed by atoms with van der Waals surface area (Å²) in [6.07, 6.45) is 0.797. The summed E-state index contributed by atoms with van der Waals surface area (Å²) in [5.41, 5.74) is 2.12. The number of nitrogens with zero attached hydrogens (tertiary/aromatic N) is 3. The quantitative estimate of drug-likeness (QED) is 0.149. The zero-order valence-electron chi connectivity index (χ0n) is 18.9. The lowest BCUT2D eigenvalue weighted by Gasteiger charge is -2.26. The Balaban J connectivity index is 0.00000385. The molecule has 0 aliphatic carbocycles. The summed E-state index contributed by atoms with van der Waals surface area (Å²) in [4.78, 5) is 17.5. The Morgan fingerprint density at radius 2 is 1.82 bits per heavy atom. The third-order valence-corrected chi connectivity index (χ3v) is 5.27. The Kier molecular flexibility index (Phi) is 11.9. The number of guanidine groups is 1. The van der Waals surface area contributed by atoms with E-state index in [1.165, 1.54) is 12.1 Å². The third kappa shape index (κ3) is 9.14. The maximum atomic E-state index is 10.8. The first-order chi connectivity index (χ1) is 15.7. The van der Waals surface area contributed by atoms with Gasteiger partial charge in [0.1, 0.15) is 5.75 Å². The van der Waals surface area contributed by atoms with E-state index >= 15 is 0 Å². The van der Waals surface area contributed by atoms with Gasteiger partial charge in [0, 0.05) is 44.9 Å². The second-order valence-electron chi connectivity index (χ2n) is 7.46. The Bertz CT molecular complexity index is 889. The van der Waals surface area contributed by atoms with Crippen LogP contribution in [0.1, 0.15) is 11.1 Å². The molecule has 2 aromatic carbocycles. The molecule has 0 saturated carbocycles. The minimum absolute atomic E-state index is 0. The summed E-state index contributed by atoms with van der Waals surface area (Å²) >= 11 is 0. The Morgan fingerprint density at radius 3 is 2.52 bits per heavy atom. The lowest BCUT2D eigenvalue weighted by Crippen LogP contribution is -2.44. The SMILES string of the molecule is COc1ccccc1CCNC(=NCc1ccc([N+](=O)[O-])cc1)NCCN1CCOCC1.I. The van der Waals surface area contributed by atoms with Crippen molar-refractivity contribution in [3.05, 3.63) is 69.8 Å². The van der Waals surface area contributed by atoms with E-state index < -0.39 is 4.92 Å². The van der Waals surface area contributed by atoms with E-state index in [4.69, 9.17) is 9.47 Å². The number of hydrogen-bond donors (Lipinski definition) is 2. The molecule has 0 spiro atoms. The number of aliphatic imine (C=N–C) groups is 1. The van der Waals surface area contributed by atoms with Crippen LogP contribution in [-0.4, -0.2) is 68.8 Å². The number of halogens is 1. The smallest absolute Gasteiger partial charge is 0.269 e. The van der Waals surface area contributed by atoms with Gasteiger partial charge in [-0.2, -0.15) is 0 Å². The standard InChI is InChI=1S/C23H31N5O4.HI/c1-31-22-5-3-2-4-20(22)10-11-24-23(25-12-13-27-14-16-32-17-15-27)26-18-19-6-8-21(9-7-19)28(29)30;/h2-9H,10-18H2,1H3,(H2,24,25,26);1H. The first kappa shape index (κ1) is 26.8. The van der Waals surface area contributed by atoms with Crippen LogP contribution < -0.4 is 15.4 Å². The van der Waals surface area contributed by atoms with Crippen molar-refractivity contribution in [3.8, 4) is 5.75 Å². The molecule has 1 heterocycles. The summed E-state index contributed by atoms with van der Waals surface area (Å²) in [5, 5.41) is 17.6. The molecule has 1 aliphatic rings. The molecule has 180 valence electrons. The molecule has 33 heavy (non-hydrogen) atoms. The fourth-order valence-corrected chi connectivity index (χ4v) is 3.45. The highest BCUT2D eigenvalue weighted by molar-refractivity contribution is 14.0. The van der Waals surface area contributed by atoms with Crippen molar-refractivity contribution in [3.63, 3.8) is 0 Å². The van der Waals surface area contributed by atoms with Crippen molar-refractivity contribution in [2.24, 2.45) is 4.99 Å². The molecule has 2 N–H and O–H groups in total. The second kappa shape index (κ2) is 14.7. The fraction of sp³-hybridized carbons (Fsp3) is 0.435. The number of hydrogen-bond acceptors (Lipinski definition) is 6. The zero-order valence-corrected chi connectivity index (χ0v) is 21.2. The minimum atomic E-state index is -0.398. The normalized spacial score (nSPS) is 14.3. The van der Waals surface area contributed by atoms with E-state index in [0.717, 1.165) is 62.7 Å². The number of methoxy groups -OCH3 is 1. The van der Waals surface area contributed by atoms with Gasteiger partial charge in [0.05, 0.1) is 31.8 Å². The highest BCUT2D eigenvalue weighted by Gasteiger charge is 2.10. The van der Waals surface area contributed by atoms with Crippen molar-refractivity contribution < 1.29 is 14.4 Å². The lowest BCUT2D eigenvalue weighted by atomic mass is 10.1. The van der Waals surface area contributed by atoms with Crippen molar-refractivity contribution in [1.29, 1.82) is 0 Å². The van der Waals surface area contributed by atoms with Gasteiger partial charge in [-0.3, -0.25) is 15.0 Å². The van der Waals surface area contributed by atoms with Crippen LogP contribution in [0.4, 0.5) is 5.69 Å². The molecule has 0 unspecified atom stereocenters. The van der Waals surface area contributed by atoms with E-state index in [1.54, 1.807) is 19.2 Å². The predicted octanol–water partition coefficient (Wildman–Crippen LogP) is 2.83. The molecule has 1 saturated heterocycles. The number of nitrogens with one attached hydrogen (secondary N) is 2. The first-order valence-electron chi connectivity index (χ1n) is 10.8. The highest BCUT2D eigenvalue weighted by atomic mass is 127. The molecule has 0 bridgehead atoms. The van der Waals surface area contributed by atoms with E-state index in [0.29, 0.717) is 19.0 Å².